The Bertz CT molecular complexity index is 1440. The van der Waals surface area contributed by atoms with Crippen LogP contribution in [0.15, 0.2) is 91.0 Å². The smallest absolute Gasteiger partial charge is 0.193 e. The fraction of sp³-hybridized carbons (Fsp3) is 0.107. The largest absolute Gasteiger partial charge is 0.505 e. The topological polar surface area (TPSA) is 71.2 Å². The van der Waals surface area contributed by atoms with E-state index in [1.54, 1.807) is 0 Å². The third-order valence-corrected chi connectivity index (χ3v) is 5.83. The molecule has 0 aliphatic heterocycles. The average molecular weight is 449 g/mol. The first-order valence-corrected chi connectivity index (χ1v) is 11.1. The van der Waals surface area contributed by atoms with Crippen molar-refractivity contribution in [3.8, 4) is 11.4 Å². The normalized spacial score (nSPS) is 11.0. The summed E-state index contributed by atoms with van der Waals surface area (Å²) in [6.45, 7) is 2.47. The van der Waals surface area contributed by atoms with E-state index in [4.69, 9.17) is 0 Å². The molecule has 0 atom stereocenters. The van der Waals surface area contributed by atoms with Crippen LogP contribution in [-0.4, -0.2) is 32.9 Å². The number of hydrogen-bond acceptors (Lipinski definition) is 5. The summed E-state index contributed by atoms with van der Waals surface area (Å²) in [5, 5.41) is 20.1. The van der Waals surface area contributed by atoms with Gasteiger partial charge in [0.25, 0.3) is 0 Å². The zero-order valence-electron chi connectivity index (χ0n) is 19.0. The lowest BCUT2D eigenvalue weighted by molar-refractivity contribution is 0.103. The van der Waals surface area contributed by atoms with Gasteiger partial charge >= 0.3 is 0 Å². The summed E-state index contributed by atoms with van der Waals surface area (Å²) >= 11 is 0. The molecule has 0 fully saturated rings. The zero-order chi connectivity index (χ0) is 23.7. The van der Waals surface area contributed by atoms with E-state index in [1.807, 2.05) is 110 Å². The second-order valence-electron chi connectivity index (χ2n) is 8.37. The van der Waals surface area contributed by atoms with Gasteiger partial charge in [-0.05, 0) is 55.0 Å². The Balaban J connectivity index is 1.39. The number of benzene rings is 4. The molecule has 6 heteroatoms. The molecular weight excluding hydrogens is 424 g/mol. The summed E-state index contributed by atoms with van der Waals surface area (Å²) < 4.78 is 0. The van der Waals surface area contributed by atoms with Gasteiger partial charge in [-0.25, -0.2) is 0 Å². The Morgan fingerprint density at radius 1 is 0.853 bits per heavy atom. The van der Waals surface area contributed by atoms with E-state index in [-0.39, 0.29) is 11.5 Å². The molecule has 0 aliphatic rings. The fourth-order valence-electron chi connectivity index (χ4n) is 4.04. The fourth-order valence-corrected chi connectivity index (χ4v) is 4.04. The lowest BCUT2D eigenvalue weighted by atomic mass is 10.0. The van der Waals surface area contributed by atoms with E-state index in [9.17, 15) is 9.90 Å². The monoisotopic (exact) mass is 448 g/mol. The van der Waals surface area contributed by atoms with Crippen molar-refractivity contribution < 1.29 is 9.90 Å². The van der Waals surface area contributed by atoms with Crippen LogP contribution >= 0.6 is 0 Å². The third-order valence-electron chi connectivity index (χ3n) is 5.83. The molecule has 5 rings (SSSR count). The van der Waals surface area contributed by atoms with Gasteiger partial charge < -0.3 is 10.0 Å². The summed E-state index contributed by atoms with van der Waals surface area (Å²) in [6.07, 6.45) is 0. The molecule has 6 nitrogen and oxygen atoms in total. The Morgan fingerprint density at radius 3 is 2.09 bits per heavy atom. The van der Waals surface area contributed by atoms with E-state index in [2.05, 4.69) is 10.2 Å². The Labute approximate surface area is 197 Å². The van der Waals surface area contributed by atoms with Crippen molar-refractivity contribution in [2.75, 3.05) is 11.9 Å². The van der Waals surface area contributed by atoms with Gasteiger partial charge in [-0.15, -0.1) is 15.0 Å². The van der Waals surface area contributed by atoms with E-state index in [0.717, 1.165) is 27.8 Å². The first-order chi connectivity index (χ1) is 16.5. The second kappa shape index (κ2) is 8.83. The van der Waals surface area contributed by atoms with E-state index < -0.39 is 0 Å². The van der Waals surface area contributed by atoms with Gasteiger partial charge in [-0.3, -0.25) is 4.79 Å². The SMILES string of the molecule is Cc1cc(CN(C)c2ccc(C(=O)c3ccccc3)cc2)c(O)c(-n2nc3ccccc3n2)c1. The quantitative estimate of drug-likeness (QED) is 0.357. The number of phenols is 1. The summed E-state index contributed by atoms with van der Waals surface area (Å²) in [5.41, 5.74) is 6.10. The first kappa shape index (κ1) is 21.4. The minimum Gasteiger partial charge on any atom is -0.505 e. The zero-order valence-corrected chi connectivity index (χ0v) is 19.0. The lowest BCUT2D eigenvalue weighted by Crippen LogP contribution is -2.17. The number of phenolic OH excluding ortho intramolecular Hbond substituents is 1. The molecule has 5 aromatic rings. The van der Waals surface area contributed by atoms with Gasteiger partial charge in [0.1, 0.15) is 22.5 Å². The first-order valence-electron chi connectivity index (χ1n) is 11.1. The number of nitrogens with zero attached hydrogens (tertiary/aromatic N) is 4. The van der Waals surface area contributed by atoms with E-state index >= 15 is 0 Å². The number of carbonyl (C=O) groups excluding carboxylic acids is 1. The molecule has 0 radical (unpaired) electrons. The van der Waals surface area contributed by atoms with Crippen molar-refractivity contribution in [3.05, 3.63) is 113 Å². The number of fused-ring (bicyclic) bond motifs is 1. The van der Waals surface area contributed by atoms with Crippen molar-refractivity contribution in [3.63, 3.8) is 0 Å². The molecule has 0 saturated heterocycles. The predicted octanol–water partition coefficient (Wildman–Crippen LogP) is 5.30. The molecule has 1 N–H and O–H groups in total. The summed E-state index contributed by atoms with van der Waals surface area (Å²) in [6, 6.07) is 28.2. The number of aryl methyl sites for hydroxylation is 1. The maximum atomic E-state index is 12.7. The van der Waals surface area contributed by atoms with E-state index in [1.165, 1.54) is 4.80 Å². The molecule has 0 unspecified atom stereocenters. The van der Waals surface area contributed by atoms with Crippen LogP contribution in [0.5, 0.6) is 5.75 Å². The molecule has 168 valence electrons. The Hall–Kier alpha value is -4.45. The summed E-state index contributed by atoms with van der Waals surface area (Å²) in [4.78, 5) is 16.2. The van der Waals surface area contributed by atoms with Gasteiger partial charge in [0.05, 0.1) is 0 Å². The molecular formula is C28H24N4O2. The molecule has 34 heavy (non-hydrogen) atoms. The second-order valence-corrected chi connectivity index (χ2v) is 8.37. The molecule has 0 aliphatic carbocycles. The standard InChI is InChI=1S/C28H24N4O2/c1-19-16-22(28(34)26(17-19)32-29-24-10-6-7-11-25(24)30-32)18-31(2)23-14-12-21(13-15-23)27(33)20-8-4-3-5-9-20/h3-17,34H,18H2,1-2H3. The predicted molar refractivity (Wildman–Crippen MR) is 134 cm³/mol. The van der Waals surface area contributed by atoms with Gasteiger partial charge in [0, 0.05) is 36.0 Å². The maximum absolute atomic E-state index is 12.7. The highest BCUT2D eigenvalue weighted by atomic mass is 16.3. The number of ketones is 1. The minimum atomic E-state index is -0.00474. The number of aromatic hydroxyl groups is 1. The molecule has 0 bridgehead atoms. The number of rotatable bonds is 6. The van der Waals surface area contributed by atoms with Crippen molar-refractivity contribution in [2.24, 2.45) is 0 Å². The van der Waals surface area contributed by atoms with Crippen molar-refractivity contribution in [1.29, 1.82) is 0 Å². The average Bonchev–Trinajstić information content (AvgIpc) is 3.30. The van der Waals surface area contributed by atoms with Crippen molar-refractivity contribution in [1.82, 2.24) is 15.0 Å². The van der Waals surface area contributed by atoms with Crippen LogP contribution in [0.3, 0.4) is 0 Å². The number of hydrogen-bond donors (Lipinski definition) is 1. The van der Waals surface area contributed by atoms with Crippen LogP contribution in [0.25, 0.3) is 16.7 Å². The molecule has 1 heterocycles. The molecule has 0 amide bonds. The van der Waals surface area contributed by atoms with Crippen LogP contribution in [0, 0.1) is 6.92 Å². The summed E-state index contributed by atoms with van der Waals surface area (Å²) in [7, 11) is 1.95. The lowest BCUT2D eigenvalue weighted by Gasteiger charge is -2.21. The van der Waals surface area contributed by atoms with Crippen LogP contribution in [0.1, 0.15) is 27.0 Å². The van der Waals surface area contributed by atoms with Crippen LogP contribution in [-0.2, 0) is 6.54 Å². The number of aromatic nitrogens is 3. The van der Waals surface area contributed by atoms with Gasteiger partial charge in [0.15, 0.2) is 5.78 Å². The summed E-state index contributed by atoms with van der Waals surface area (Å²) in [5.74, 6) is 0.142. The van der Waals surface area contributed by atoms with Crippen LogP contribution < -0.4 is 4.90 Å². The molecule has 0 spiro atoms. The van der Waals surface area contributed by atoms with Gasteiger partial charge in [-0.1, -0.05) is 48.5 Å². The Kier molecular flexibility index (Phi) is 5.55. The molecule has 0 saturated carbocycles. The minimum absolute atomic E-state index is 0.00474. The van der Waals surface area contributed by atoms with Gasteiger partial charge in [0.2, 0.25) is 0 Å². The Morgan fingerprint density at radius 2 is 1.44 bits per heavy atom. The molecule has 1 aromatic heterocycles. The highest BCUT2D eigenvalue weighted by Gasteiger charge is 2.16. The maximum Gasteiger partial charge on any atom is 0.193 e. The number of anilines is 1. The highest BCUT2D eigenvalue weighted by molar-refractivity contribution is 6.09. The third kappa shape index (κ3) is 4.13. The number of carbonyl (C=O) groups is 1. The highest BCUT2D eigenvalue weighted by Crippen LogP contribution is 2.30. The van der Waals surface area contributed by atoms with E-state index in [0.29, 0.717) is 23.4 Å². The van der Waals surface area contributed by atoms with Gasteiger partial charge in [-0.2, -0.15) is 0 Å². The van der Waals surface area contributed by atoms with Crippen LogP contribution in [0.4, 0.5) is 5.69 Å². The van der Waals surface area contributed by atoms with Crippen molar-refractivity contribution in [2.45, 2.75) is 13.5 Å². The van der Waals surface area contributed by atoms with Crippen molar-refractivity contribution >= 4 is 22.5 Å². The molecule has 4 aromatic carbocycles. The van der Waals surface area contributed by atoms with Crippen LogP contribution in [0.2, 0.25) is 0 Å².